The fourth-order valence-electron chi connectivity index (χ4n) is 1.50. The van der Waals surface area contributed by atoms with E-state index in [1.165, 1.54) is 10.6 Å². The molecule has 0 aromatic heterocycles. The topological polar surface area (TPSA) is 21.3 Å². The van der Waals surface area contributed by atoms with Gasteiger partial charge >= 0.3 is 0 Å². The summed E-state index contributed by atoms with van der Waals surface area (Å²) in [5, 5.41) is 3.43. The summed E-state index contributed by atoms with van der Waals surface area (Å²) in [6, 6.07) is 6.16. The third-order valence-electron chi connectivity index (χ3n) is 2.28. The van der Waals surface area contributed by atoms with Crippen LogP contribution in [0.3, 0.4) is 0 Å². The largest absolute Gasteiger partial charge is 0.497 e. The van der Waals surface area contributed by atoms with E-state index in [4.69, 9.17) is 4.74 Å². The number of ether oxygens (including phenoxy) is 1. The Morgan fingerprint density at radius 1 is 1.43 bits per heavy atom. The first kappa shape index (κ1) is 9.71. The first-order valence-electron chi connectivity index (χ1n) is 4.72. The van der Waals surface area contributed by atoms with Crippen molar-refractivity contribution in [2.75, 3.05) is 19.0 Å². The van der Waals surface area contributed by atoms with E-state index < -0.39 is 0 Å². The van der Waals surface area contributed by atoms with Crippen molar-refractivity contribution in [1.29, 1.82) is 0 Å². The van der Waals surface area contributed by atoms with Crippen LogP contribution in [0.5, 0.6) is 5.75 Å². The number of anilines is 1. The number of rotatable bonds is 1. The summed E-state index contributed by atoms with van der Waals surface area (Å²) in [4.78, 5) is 1.28. The summed E-state index contributed by atoms with van der Waals surface area (Å²) in [6.45, 7) is 5.50. The van der Waals surface area contributed by atoms with Gasteiger partial charge in [0.15, 0.2) is 0 Å². The van der Waals surface area contributed by atoms with Crippen molar-refractivity contribution in [3.8, 4) is 5.75 Å². The van der Waals surface area contributed by atoms with E-state index in [1.807, 2.05) is 17.8 Å². The van der Waals surface area contributed by atoms with Crippen LogP contribution in [-0.2, 0) is 0 Å². The van der Waals surface area contributed by atoms with Gasteiger partial charge in [-0.15, -0.1) is 11.8 Å². The first-order chi connectivity index (χ1) is 6.61. The van der Waals surface area contributed by atoms with Gasteiger partial charge in [-0.25, -0.2) is 0 Å². The average Bonchev–Trinajstić information content (AvgIpc) is 2.15. The van der Waals surface area contributed by atoms with E-state index in [2.05, 4.69) is 31.3 Å². The van der Waals surface area contributed by atoms with Crippen molar-refractivity contribution in [3.05, 3.63) is 18.2 Å². The lowest BCUT2D eigenvalue weighted by Gasteiger charge is -2.31. The third kappa shape index (κ3) is 1.82. The van der Waals surface area contributed by atoms with Gasteiger partial charge in [0.2, 0.25) is 0 Å². The van der Waals surface area contributed by atoms with Gasteiger partial charge in [-0.2, -0.15) is 0 Å². The zero-order valence-corrected chi connectivity index (χ0v) is 9.57. The second kappa shape index (κ2) is 3.39. The summed E-state index contributed by atoms with van der Waals surface area (Å²) >= 11 is 1.90. The zero-order chi connectivity index (χ0) is 10.2. The maximum Gasteiger partial charge on any atom is 0.120 e. The van der Waals surface area contributed by atoms with Gasteiger partial charge in [0.1, 0.15) is 5.75 Å². The van der Waals surface area contributed by atoms with Gasteiger partial charge in [0.05, 0.1) is 7.11 Å². The average molecular weight is 209 g/mol. The normalized spacial score (nSPS) is 18.2. The lowest BCUT2D eigenvalue weighted by atomic mass is 10.2. The van der Waals surface area contributed by atoms with Crippen LogP contribution in [0, 0.1) is 0 Å². The van der Waals surface area contributed by atoms with Crippen LogP contribution in [0.25, 0.3) is 0 Å². The van der Waals surface area contributed by atoms with Crippen molar-refractivity contribution in [1.82, 2.24) is 0 Å². The molecule has 14 heavy (non-hydrogen) atoms. The molecule has 0 fully saturated rings. The maximum absolute atomic E-state index is 5.21. The highest BCUT2D eigenvalue weighted by Crippen LogP contribution is 2.42. The Kier molecular flexibility index (Phi) is 2.35. The molecule has 0 radical (unpaired) electrons. The number of hydrogen-bond acceptors (Lipinski definition) is 3. The fraction of sp³-hybridized carbons (Fsp3) is 0.455. The highest BCUT2D eigenvalue weighted by Gasteiger charge is 2.25. The Bertz CT molecular complexity index is 349. The van der Waals surface area contributed by atoms with Gasteiger partial charge in [-0.05, 0) is 32.0 Å². The molecule has 1 aliphatic rings. The number of nitrogens with one attached hydrogen (secondary N) is 1. The van der Waals surface area contributed by atoms with Gasteiger partial charge in [0, 0.05) is 21.9 Å². The van der Waals surface area contributed by atoms with Crippen molar-refractivity contribution in [3.63, 3.8) is 0 Å². The maximum atomic E-state index is 5.21. The zero-order valence-electron chi connectivity index (χ0n) is 8.76. The summed E-state index contributed by atoms with van der Waals surface area (Å²) < 4.78 is 5.47. The number of thioether (sulfide) groups is 1. The Morgan fingerprint density at radius 2 is 2.21 bits per heavy atom. The number of methoxy groups -OCH3 is 1. The SMILES string of the molecule is COc1ccc2c(c1)SC(C)(C)CN2. The van der Waals surface area contributed by atoms with Crippen LogP contribution >= 0.6 is 11.8 Å². The van der Waals surface area contributed by atoms with E-state index in [1.54, 1.807) is 7.11 Å². The van der Waals surface area contributed by atoms with Crippen LogP contribution in [0.2, 0.25) is 0 Å². The van der Waals surface area contributed by atoms with Gasteiger partial charge < -0.3 is 10.1 Å². The molecule has 0 spiro atoms. The first-order valence-corrected chi connectivity index (χ1v) is 5.53. The summed E-state index contributed by atoms with van der Waals surface area (Å²) in [7, 11) is 1.70. The van der Waals surface area contributed by atoms with Crippen LogP contribution in [-0.4, -0.2) is 18.4 Å². The molecular weight excluding hydrogens is 194 g/mol. The minimum atomic E-state index is 0.263. The second-order valence-corrected chi connectivity index (χ2v) is 5.83. The molecule has 1 N–H and O–H groups in total. The van der Waals surface area contributed by atoms with E-state index in [0.717, 1.165) is 12.3 Å². The molecule has 0 bridgehead atoms. The summed E-state index contributed by atoms with van der Waals surface area (Å²) in [5.41, 5.74) is 1.22. The molecule has 0 atom stereocenters. The molecule has 76 valence electrons. The monoisotopic (exact) mass is 209 g/mol. The predicted molar refractivity (Wildman–Crippen MR) is 61.4 cm³/mol. The van der Waals surface area contributed by atoms with E-state index in [-0.39, 0.29) is 4.75 Å². The number of fused-ring (bicyclic) bond motifs is 1. The minimum Gasteiger partial charge on any atom is -0.497 e. The van der Waals surface area contributed by atoms with E-state index in [0.29, 0.717) is 0 Å². The van der Waals surface area contributed by atoms with Crippen LogP contribution in [0.1, 0.15) is 13.8 Å². The molecule has 0 unspecified atom stereocenters. The molecule has 0 amide bonds. The summed E-state index contributed by atoms with van der Waals surface area (Å²) in [6.07, 6.45) is 0. The number of benzene rings is 1. The van der Waals surface area contributed by atoms with Crippen LogP contribution < -0.4 is 10.1 Å². The van der Waals surface area contributed by atoms with Crippen molar-refractivity contribution in [2.45, 2.75) is 23.5 Å². The van der Waals surface area contributed by atoms with Gasteiger partial charge in [-0.1, -0.05) is 0 Å². The molecule has 1 aromatic carbocycles. The van der Waals surface area contributed by atoms with Crippen LogP contribution in [0.15, 0.2) is 23.1 Å². The Hall–Kier alpha value is -0.830. The standard InChI is InChI=1S/C11H15NOS/c1-11(2)7-12-9-5-4-8(13-3)6-10(9)14-11/h4-6,12H,7H2,1-3H3. The van der Waals surface area contributed by atoms with Gasteiger partial charge in [0.25, 0.3) is 0 Å². The van der Waals surface area contributed by atoms with Gasteiger partial charge in [-0.3, -0.25) is 0 Å². The lowest BCUT2D eigenvalue weighted by molar-refractivity contribution is 0.413. The van der Waals surface area contributed by atoms with Crippen LogP contribution in [0.4, 0.5) is 5.69 Å². The molecule has 0 aliphatic carbocycles. The molecule has 1 heterocycles. The molecule has 2 rings (SSSR count). The quantitative estimate of drug-likeness (QED) is 0.768. The minimum absolute atomic E-state index is 0.263. The highest BCUT2D eigenvalue weighted by atomic mass is 32.2. The molecule has 3 heteroatoms. The smallest absolute Gasteiger partial charge is 0.120 e. The third-order valence-corrected chi connectivity index (χ3v) is 3.53. The van der Waals surface area contributed by atoms with Crippen molar-refractivity contribution < 1.29 is 4.74 Å². The molecular formula is C11H15NOS. The predicted octanol–water partition coefficient (Wildman–Crippen LogP) is 2.99. The molecule has 1 aromatic rings. The Morgan fingerprint density at radius 3 is 2.93 bits per heavy atom. The molecule has 1 aliphatic heterocycles. The number of hydrogen-bond donors (Lipinski definition) is 1. The molecule has 0 saturated carbocycles. The lowest BCUT2D eigenvalue weighted by Crippen LogP contribution is -2.29. The Labute approximate surface area is 89.0 Å². The Balaban J connectivity index is 2.34. The fourth-order valence-corrected chi connectivity index (χ4v) is 2.67. The van der Waals surface area contributed by atoms with Crippen molar-refractivity contribution >= 4 is 17.4 Å². The molecule has 0 saturated heterocycles. The summed E-state index contributed by atoms with van der Waals surface area (Å²) in [5.74, 6) is 0.927. The second-order valence-electron chi connectivity index (χ2n) is 4.08. The van der Waals surface area contributed by atoms with E-state index in [9.17, 15) is 0 Å². The molecule has 2 nitrogen and oxygen atoms in total. The van der Waals surface area contributed by atoms with Crippen molar-refractivity contribution in [2.24, 2.45) is 0 Å². The highest BCUT2D eigenvalue weighted by molar-refractivity contribution is 8.00. The van der Waals surface area contributed by atoms with E-state index >= 15 is 0 Å².